The highest BCUT2D eigenvalue weighted by atomic mass is 79.9. The fourth-order valence-corrected chi connectivity index (χ4v) is 2.15. The lowest BCUT2D eigenvalue weighted by atomic mass is 9.96. The Kier molecular flexibility index (Phi) is 6.05. The highest BCUT2D eigenvalue weighted by molar-refractivity contribution is 9.10. The molecule has 0 heterocycles. The average Bonchev–Trinajstić information content (AvgIpc) is 2.33. The maximum absolute atomic E-state index is 12.1. The largest absolute Gasteiger partial charge is 0.465 e. The minimum absolute atomic E-state index is 0.0946. The Morgan fingerprint density at radius 3 is 2.50 bits per heavy atom. The first-order valence-electron chi connectivity index (χ1n) is 6.02. The van der Waals surface area contributed by atoms with Crippen molar-refractivity contribution < 1.29 is 14.3 Å². The van der Waals surface area contributed by atoms with Gasteiger partial charge < -0.3 is 4.74 Å². The van der Waals surface area contributed by atoms with Crippen molar-refractivity contribution in [3.8, 4) is 0 Å². The predicted molar refractivity (Wildman–Crippen MR) is 73.3 cm³/mol. The van der Waals surface area contributed by atoms with Crippen LogP contribution in [0.2, 0.25) is 0 Å². The summed E-state index contributed by atoms with van der Waals surface area (Å²) in [6, 6.07) is 7.52. The Bertz CT molecular complexity index is 429. The van der Waals surface area contributed by atoms with Crippen molar-refractivity contribution in [3.63, 3.8) is 0 Å². The molecule has 0 N–H and O–H groups in total. The van der Waals surface area contributed by atoms with Crippen molar-refractivity contribution in [2.45, 2.75) is 26.7 Å². The number of benzene rings is 1. The van der Waals surface area contributed by atoms with Crippen molar-refractivity contribution in [2.75, 3.05) is 6.61 Å². The molecule has 0 saturated heterocycles. The van der Waals surface area contributed by atoms with Gasteiger partial charge in [0.25, 0.3) is 0 Å². The second-order valence-corrected chi connectivity index (χ2v) is 4.80. The Balaban J connectivity index is 2.74. The molecule has 4 heteroatoms. The van der Waals surface area contributed by atoms with Gasteiger partial charge in [0.15, 0.2) is 5.78 Å². The number of carbonyl (C=O) groups excluding carboxylic acids is 2. The van der Waals surface area contributed by atoms with E-state index >= 15 is 0 Å². The van der Waals surface area contributed by atoms with E-state index < -0.39 is 11.9 Å². The Morgan fingerprint density at radius 2 is 1.94 bits per heavy atom. The molecule has 0 bridgehead atoms. The third kappa shape index (κ3) is 3.95. The van der Waals surface area contributed by atoms with Gasteiger partial charge in [-0.1, -0.05) is 41.1 Å². The third-order valence-electron chi connectivity index (χ3n) is 2.69. The molecule has 0 amide bonds. The van der Waals surface area contributed by atoms with Gasteiger partial charge >= 0.3 is 5.97 Å². The van der Waals surface area contributed by atoms with Crippen LogP contribution in [0.4, 0.5) is 0 Å². The Hall–Kier alpha value is -1.16. The number of halogens is 1. The van der Waals surface area contributed by atoms with Crippen LogP contribution >= 0.6 is 15.9 Å². The summed E-state index contributed by atoms with van der Waals surface area (Å²) in [4.78, 5) is 23.7. The molecule has 0 spiro atoms. The van der Waals surface area contributed by atoms with Crippen LogP contribution in [0.3, 0.4) is 0 Å². The molecule has 1 unspecified atom stereocenters. The maximum atomic E-state index is 12.1. The number of ether oxygens (including phenoxy) is 1. The average molecular weight is 313 g/mol. The lowest BCUT2D eigenvalue weighted by Crippen LogP contribution is -2.27. The van der Waals surface area contributed by atoms with E-state index in [1.807, 2.05) is 31.2 Å². The maximum Gasteiger partial charge on any atom is 0.316 e. The quantitative estimate of drug-likeness (QED) is 0.598. The first-order valence-corrected chi connectivity index (χ1v) is 6.82. The molecule has 0 aromatic heterocycles. The van der Waals surface area contributed by atoms with Gasteiger partial charge in [0.1, 0.15) is 5.92 Å². The second-order valence-electron chi connectivity index (χ2n) is 3.95. The first kappa shape index (κ1) is 14.9. The number of carbonyl (C=O) groups is 2. The number of rotatable bonds is 6. The third-order valence-corrected chi connectivity index (χ3v) is 3.46. The fourth-order valence-electron chi connectivity index (χ4n) is 1.72. The van der Waals surface area contributed by atoms with Gasteiger partial charge in [0.2, 0.25) is 0 Å². The van der Waals surface area contributed by atoms with Crippen molar-refractivity contribution in [3.05, 3.63) is 34.3 Å². The van der Waals surface area contributed by atoms with Gasteiger partial charge in [-0.2, -0.15) is 0 Å². The van der Waals surface area contributed by atoms with Crippen LogP contribution in [0, 0.1) is 5.92 Å². The van der Waals surface area contributed by atoms with Crippen molar-refractivity contribution in [1.29, 1.82) is 0 Å². The van der Waals surface area contributed by atoms with Crippen LogP contribution in [0.1, 0.15) is 25.8 Å². The Labute approximate surface area is 116 Å². The molecule has 0 aliphatic rings. The van der Waals surface area contributed by atoms with Gasteiger partial charge in [-0.05, 0) is 25.0 Å². The predicted octanol–water partition coefficient (Wildman–Crippen LogP) is 3.15. The highest BCUT2D eigenvalue weighted by Gasteiger charge is 2.26. The molecule has 1 atom stereocenters. The van der Waals surface area contributed by atoms with E-state index in [4.69, 9.17) is 4.74 Å². The molecule has 0 aliphatic heterocycles. The standard InChI is InChI=1S/C14H17BrO3/c1-3-11(14(17)18-4-2)13(16)9-10-7-5-6-8-12(10)15/h5-8,11H,3-4,9H2,1-2H3. The number of ketones is 1. The molecular formula is C14H17BrO3. The lowest BCUT2D eigenvalue weighted by Gasteiger charge is -2.12. The van der Waals surface area contributed by atoms with E-state index in [1.54, 1.807) is 6.92 Å². The molecule has 0 fully saturated rings. The summed E-state index contributed by atoms with van der Waals surface area (Å²) >= 11 is 3.40. The molecule has 0 saturated carbocycles. The van der Waals surface area contributed by atoms with E-state index in [0.717, 1.165) is 10.0 Å². The summed E-state index contributed by atoms with van der Waals surface area (Å²) in [7, 11) is 0. The fraction of sp³-hybridized carbons (Fsp3) is 0.429. The summed E-state index contributed by atoms with van der Waals surface area (Å²) in [5.74, 6) is -1.17. The van der Waals surface area contributed by atoms with Crippen molar-refractivity contribution in [2.24, 2.45) is 5.92 Å². The smallest absolute Gasteiger partial charge is 0.316 e. The number of hydrogen-bond acceptors (Lipinski definition) is 3. The monoisotopic (exact) mass is 312 g/mol. The molecule has 0 aliphatic carbocycles. The Morgan fingerprint density at radius 1 is 1.28 bits per heavy atom. The normalized spacial score (nSPS) is 11.9. The van der Waals surface area contributed by atoms with Crippen LogP contribution in [-0.4, -0.2) is 18.4 Å². The lowest BCUT2D eigenvalue weighted by molar-refractivity contribution is -0.151. The van der Waals surface area contributed by atoms with E-state index in [2.05, 4.69) is 15.9 Å². The molecule has 98 valence electrons. The molecule has 18 heavy (non-hydrogen) atoms. The molecule has 0 radical (unpaired) electrons. The van der Waals surface area contributed by atoms with E-state index in [9.17, 15) is 9.59 Å². The summed E-state index contributed by atoms with van der Waals surface area (Å²) in [6.07, 6.45) is 0.723. The molecule has 1 aromatic carbocycles. The topological polar surface area (TPSA) is 43.4 Å². The van der Waals surface area contributed by atoms with Gasteiger partial charge in [-0.3, -0.25) is 9.59 Å². The SMILES string of the molecule is CCOC(=O)C(CC)C(=O)Cc1ccccc1Br. The van der Waals surface area contributed by atoms with Gasteiger partial charge in [-0.25, -0.2) is 0 Å². The summed E-state index contributed by atoms with van der Waals surface area (Å²) in [5.41, 5.74) is 0.894. The zero-order chi connectivity index (χ0) is 13.5. The van der Waals surface area contributed by atoms with Crippen LogP contribution < -0.4 is 0 Å². The van der Waals surface area contributed by atoms with Crippen LogP contribution in [0.5, 0.6) is 0 Å². The molecule has 1 rings (SSSR count). The number of hydrogen-bond donors (Lipinski definition) is 0. The van der Waals surface area contributed by atoms with Crippen LogP contribution in [0.25, 0.3) is 0 Å². The van der Waals surface area contributed by atoms with Crippen LogP contribution in [-0.2, 0) is 20.7 Å². The highest BCUT2D eigenvalue weighted by Crippen LogP contribution is 2.19. The summed E-state index contributed by atoms with van der Waals surface area (Å²) in [6.45, 7) is 3.86. The van der Waals surface area contributed by atoms with Gasteiger partial charge in [0.05, 0.1) is 6.61 Å². The van der Waals surface area contributed by atoms with E-state index in [0.29, 0.717) is 13.0 Å². The second kappa shape index (κ2) is 7.31. The van der Waals surface area contributed by atoms with Crippen LogP contribution in [0.15, 0.2) is 28.7 Å². The van der Waals surface area contributed by atoms with E-state index in [1.165, 1.54) is 0 Å². The molecule has 3 nitrogen and oxygen atoms in total. The molecule has 1 aromatic rings. The summed E-state index contributed by atoms with van der Waals surface area (Å²) < 4.78 is 5.80. The zero-order valence-corrected chi connectivity index (χ0v) is 12.2. The molecular weight excluding hydrogens is 296 g/mol. The van der Waals surface area contributed by atoms with Crippen molar-refractivity contribution >= 4 is 27.7 Å². The van der Waals surface area contributed by atoms with Gasteiger partial charge in [-0.15, -0.1) is 0 Å². The number of esters is 1. The van der Waals surface area contributed by atoms with E-state index in [-0.39, 0.29) is 12.2 Å². The van der Waals surface area contributed by atoms with Crippen molar-refractivity contribution in [1.82, 2.24) is 0 Å². The first-order chi connectivity index (χ1) is 8.60. The minimum atomic E-state index is -0.656. The van der Waals surface area contributed by atoms with Gasteiger partial charge in [0, 0.05) is 10.9 Å². The zero-order valence-electron chi connectivity index (χ0n) is 10.6. The number of Topliss-reactive ketones (excluding diaryl/α,β-unsaturated/α-hetero) is 1. The minimum Gasteiger partial charge on any atom is -0.465 e. The summed E-state index contributed by atoms with van der Waals surface area (Å²) in [5, 5.41) is 0.